The van der Waals surface area contributed by atoms with Crippen molar-refractivity contribution in [2.24, 2.45) is 0 Å². The van der Waals surface area contributed by atoms with Crippen molar-refractivity contribution in [1.82, 2.24) is 0 Å². The molecular formula is C57H44BrN. The summed E-state index contributed by atoms with van der Waals surface area (Å²) >= 11 is 3.94. The number of allylic oxidation sites excluding steroid dienone is 4. The summed E-state index contributed by atoms with van der Waals surface area (Å²) in [6, 6.07) is 73.2. The zero-order chi connectivity index (χ0) is 39.9. The quantitative estimate of drug-likeness (QED) is 0.148. The molecule has 0 bridgehead atoms. The van der Waals surface area contributed by atoms with Gasteiger partial charge in [-0.3, -0.25) is 0 Å². The Morgan fingerprint density at radius 1 is 0.458 bits per heavy atom. The lowest BCUT2D eigenvalue weighted by molar-refractivity contribution is 0.660. The van der Waals surface area contributed by atoms with Gasteiger partial charge in [0.15, 0.2) is 0 Å². The van der Waals surface area contributed by atoms with Gasteiger partial charge in [0.25, 0.3) is 0 Å². The maximum Gasteiger partial charge on any atom is 0.0465 e. The number of hydrogen-bond acceptors (Lipinski definition) is 1. The summed E-state index contributed by atoms with van der Waals surface area (Å²) in [4.78, 5) is 2.41. The van der Waals surface area contributed by atoms with Crippen molar-refractivity contribution < 1.29 is 0 Å². The van der Waals surface area contributed by atoms with Crippen molar-refractivity contribution in [1.29, 1.82) is 0 Å². The maximum absolute atomic E-state index is 3.94. The monoisotopic (exact) mass is 821 g/mol. The van der Waals surface area contributed by atoms with Crippen LogP contribution in [0.25, 0.3) is 44.5 Å². The topological polar surface area (TPSA) is 3.24 Å². The summed E-state index contributed by atoms with van der Waals surface area (Å²) in [5.74, 6) is 0.234. The molecule has 0 radical (unpaired) electrons. The van der Waals surface area contributed by atoms with Crippen molar-refractivity contribution in [2.75, 3.05) is 4.90 Å². The van der Waals surface area contributed by atoms with E-state index in [1.165, 1.54) is 72.3 Å². The molecule has 284 valence electrons. The first kappa shape index (κ1) is 36.8. The molecule has 59 heavy (non-hydrogen) atoms. The largest absolute Gasteiger partial charge is 0.310 e. The van der Waals surface area contributed by atoms with E-state index in [1.54, 1.807) is 0 Å². The molecule has 0 amide bonds. The first-order valence-electron chi connectivity index (χ1n) is 20.6. The Morgan fingerprint density at radius 3 is 1.68 bits per heavy atom. The van der Waals surface area contributed by atoms with E-state index in [2.05, 4.69) is 247 Å². The van der Waals surface area contributed by atoms with Gasteiger partial charge in [0, 0.05) is 32.9 Å². The summed E-state index contributed by atoms with van der Waals surface area (Å²) in [7, 11) is 0. The predicted molar refractivity (Wildman–Crippen MR) is 253 cm³/mol. The van der Waals surface area contributed by atoms with Crippen LogP contribution >= 0.6 is 15.9 Å². The van der Waals surface area contributed by atoms with Crippen molar-refractivity contribution in [3.05, 3.63) is 245 Å². The van der Waals surface area contributed by atoms with Crippen LogP contribution in [0.1, 0.15) is 54.0 Å². The van der Waals surface area contributed by atoms with Gasteiger partial charge in [-0.2, -0.15) is 0 Å². The van der Waals surface area contributed by atoms with Crippen LogP contribution in [0, 0.1) is 0 Å². The van der Waals surface area contributed by atoms with Gasteiger partial charge in [0.1, 0.15) is 0 Å². The van der Waals surface area contributed by atoms with Crippen molar-refractivity contribution in [3.63, 3.8) is 0 Å². The summed E-state index contributed by atoms with van der Waals surface area (Å²) in [5, 5.41) is 0. The molecule has 1 nitrogen and oxygen atoms in total. The van der Waals surface area contributed by atoms with Crippen molar-refractivity contribution in [3.8, 4) is 33.4 Å². The second-order valence-electron chi connectivity index (χ2n) is 16.1. The molecule has 2 aliphatic rings. The van der Waals surface area contributed by atoms with Crippen LogP contribution in [0.4, 0.5) is 17.1 Å². The van der Waals surface area contributed by atoms with E-state index < -0.39 is 0 Å². The molecule has 0 heterocycles. The third-order valence-corrected chi connectivity index (χ3v) is 13.1. The minimum absolute atomic E-state index is 0.103. The van der Waals surface area contributed by atoms with Crippen LogP contribution in [0.15, 0.2) is 217 Å². The average Bonchev–Trinajstić information content (AvgIpc) is 3.52. The van der Waals surface area contributed by atoms with Crippen LogP contribution in [0.5, 0.6) is 0 Å². The van der Waals surface area contributed by atoms with Crippen LogP contribution in [-0.4, -0.2) is 0 Å². The minimum atomic E-state index is -0.103. The number of fused-ring (bicyclic) bond motifs is 3. The fourth-order valence-electron chi connectivity index (χ4n) is 9.42. The molecule has 1 atom stereocenters. The highest BCUT2D eigenvalue weighted by molar-refractivity contribution is 9.10. The van der Waals surface area contributed by atoms with Crippen LogP contribution in [0.3, 0.4) is 0 Å². The average molecular weight is 823 g/mol. The van der Waals surface area contributed by atoms with Crippen molar-refractivity contribution in [2.45, 2.75) is 31.6 Å². The minimum Gasteiger partial charge on any atom is -0.310 e. The molecule has 0 aliphatic heterocycles. The number of nitrogens with zero attached hydrogens (tertiary/aromatic N) is 1. The second kappa shape index (κ2) is 15.4. The number of hydrogen-bond donors (Lipinski definition) is 0. The van der Waals surface area contributed by atoms with E-state index in [9.17, 15) is 0 Å². The molecule has 2 aliphatic carbocycles. The SMILES string of the molecule is CC1(C)c2ccccc2-c2ccc(N(c3ccc(-c4ccccc4)cc3)c3ccc(-c4ccccc4C4=C(c5ccccc5Br)C(c5ccccc5)CC=C4)cc3)cc21. The summed E-state index contributed by atoms with van der Waals surface area (Å²) in [5.41, 5.74) is 19.9. The summed E-state index contributed by atoms with van der Waals surface area (Å²) < 4.78 is 1.11. The lowest BCUT2D eigenvalue weighted by Gasteiger charge is -2.29. The number of halogens is 1. The van der Waals surface area contributed by atoms with Gasteiger partial charge in [-0.25, -0.2) is 0 Å². The molecule has 0 fully saturated rings. The van der Waals surface area contributed by atoms with Crippen LogP contribution < -0.4 is 4.90 Å². The highest BCUT2D eigenvalue weighted by atomic mass is 79.9. The van der Waals surface area contributed by atoms with E-state index in [1.807, 2.05) is 0 Å². The Kier molecular flexibility index (Phi) is 9.59. The molecule has 8 aromatic carbocycles. The normalized spacial score (nSPS) is 15.1. The Bertz CT molecular complexity index is 2870. The zero-order valence-corrected chi connectivity index (χ0v) is 34.9. The second-order valence-corrected chi connectivity index (χ2v) is 17.0. The van der Waals surface area contributed by atoms with Crippen molar-refractivity contribution >= 4 is 44.1 Å². The summed E-state index contributed by atoms with van der Waals surface area (Å²) in [6.45, 7) is 4.71. The summed E-state index contributed by atoms with van der Waals surface area (Å²) in [6.07, 6.45) is 5.65. The molecule has 2 heteroatoms. The Hall–Kier alpha value is -6.48. The Labute approximate surface area is 356 Å². The van der Waals surface area contributed by atoms with Gasteiger partial charge in [-0.15, -0.1) is 0 Å². The number of benzene rings is 8. The van der Waals surface area contributed by atoms with Crippen LogP contribution in [0.2, 0.25) is 0 Å². The Balaban J connectivity index is 1.08. The van der Waals surface area contributed by atoms with Crippen LogP contribution in [-0.2, 0) is 5.41 Å². The van der Waals surface area contributed by atoms with Gasteiger partial charge < -0.3 is 4.90 Å². The molecule has 0 spiro atoms. The van der Waals surface area contributed by atoms with E-state index >= 15 is 0 Å². The highest BCUT2D eigenvalue weighted by Crippen LogP contribution is 2.51. The fraction of sp³-hybridized carbons (Fsp3) is 0.0877. The van der Waals surface area contributed by atoms with Gasteiger partial charge in [0.05, 0.1) is 0 Å². The molecule has 0 saturated heterocycles. The third kappa shape index (κ3) is 6.68. The highest BCUT2D eigenvalue weighted by Gasteiger charge is 2.36. The lowest BCUT2D eigenvalue weighted by atomic mass is 9.76. The fourth-order valence-corrected chi connectivity index (χ4v) is 9.92. The molecule has 1 unspecified atom stereocenters. The standard InChI is InChI=1S/C57H44BrN/c1-57(2)53-26-13-11-22-49(53)50-37-36-45(38-54(50)57)59(43-32-28-40(29-33-43)39-16-5-3-6-17-39)44-34-30-42(31-35-44)46-20-9-10-21-48(46)51-25-15-24-47(41-18-7-4-8-19-41)56(51)52-23-12-14-27-55(52)58/h3-23,25-38,47H,24H2,1-2H3. The lowest BCUT2D eigenvalue weighted by Crippen LogP contribution is -2.16. The number of anilines is 3. The zero-order valence-electron chi connectivity index (χ0n) is 33.3. The van der Waals surface area contributed by atoms with Gasteiger partial charge in [0.2, 0.25) is 0 Å². The molecule has 0 aromatic heterocycles. The van der Waals surface area contributed by atoms with Gasteiger partial charge in [-0.1, -0.05) is 200 Å². The first-order chi connectivity index (χ1) is 29.0. The smallest absolute Gasteiger partial charge is 0.0465 e. The molecule has 8 aromatic rings. The number of rotatable bonds is 8. The van der Waals surface area contributed by atoms with E-state index in [0.717, 1.165) is 28.0 Å². The molecule has 0 saturated carbocycles. The third-order valence-electron chi connectivity index (χ3n) is 12.4. The molecule has 0 N–H and O–H groups in total. The predicted octanol–water partition coefficient (Wildman–Crippen LogP) is 16.2. The van der Waals surface area contributed by atoms with E-state index in [0.29, 0.717) is 0 Å². The first-order valence-corrected chi connectivity index (χ1v) is 21.4. The molecule has 10 rings (SSSR count). The van der Waals surface area contributed by atoms with Gasteiger partial charge >= 0.3 is 0 Å². The van der Waals surface area contributed by atoms with E-state index in [-0.39, 0.29) is 11.3 Å². The Morgan fingerprint density at radius 2 is 0.983 bits per heavy atom. The maximum atomic E-state index is 3.94. The van der Waals surface area contributed by atoms with E-state index in [4.69, 9.17) is 0 Å². The van der Waals surface area contributed by atoms with Gasteiger partial charge in [-0.05, 0) is 121 Å². The molecular weight excluding hydrogens is 779 g/mol.